The monoisotopic (exact) mass is 368 g/mol. The van der Waals surface area contributed by atoms with Gasteiger partial charge in [0.15, 0.2) is 0 Å². The summed E-state index contributed by atoms with van der Waals surface area (Å²) in [4.78, 5) is 0. The molecule has 26 heavy (non-hydrogen) atoms. The van der Waals surface area contributed by atoms with Crippen LogP contribution in [0.15, 0.2) is 0 Å². The minimum absolute atomic E-state index is 0.166. The number of aliphatic hydroxyl groups is 5. The highest BCUT2D eigenvalue weighted by Gasteiger charge is 2.82. The predicted octanol–water partition coefficient (Wildman–Crippen LogP) is 0.185. The number of ether oxygens (including phenoxy) is 1. The van der Waals surface area contributed by atoms with Crippen molar-refractivity contribution >= 4 is 0 Å². The molecule has 0 aromatic rings. The van der Waals surface area contributed by atoms with Gasteiger partial charge >= 0.3 is 0 Å². The van der Waals surface area contributed by atoms with Crippen LogP contribution in [0.1, 0.15) is 53.4 Å². The summed E-state index contributed by atoms with van der Waals surface area (Å²) in [7, 11) is 0. The summed E-state index contributed by atoms with van der Waals surface area (Å²) in [6.45, 7) is 7.29. The molecule has 5 rings (SSSR count). The van der Waals surface area contributed by atoms with Gasteiger partial charge in [-0.05, 0) is 45.4 Å². The van der Waals surface area contributed by atoms with Crippen LogP contribution in [0.2, 0.25) is 0 Å². The average Bonchev–Trinajstić information content (AvgIpc) is 3.22. The topological polar surface area (TPSA) is 114 Å². The molecule has 0 amide bonds. The molecular weight excluding hydrogens is 336 g/mol. The van der Waals surface area contributed by atoms with E-state index in [0.717, 1.165) is 0 Å². The van der Waals surface area contributed by atoms with Crippen LogP contribution < -0.4 is 0 Å². The maximum absolute atomic E-state index is 11.8. The molecule has 148 valence electrons. The van der Waals surface area contributed by atoms with Crippen LogP contribution in [0.5, 0.6) is 0 Å². The predicted molar refractivity (Wildman–Crippen MR) is 92.0 cm³/mol. The van der Waals surface area contributed by atoms with Gasteiger partial charge in [0, 0.05) is 22.7 Å². The molecular formula is C20H32O6. The molecule has 0 aromatic heterocycles. The molecule has 4 aliphatic carbocycles. The standard InChI is InChI=1S/C20H32O6/c1-16(2)15-12(26-15)13-18(4,24)10-6-5-9-14(22)19(10,8-17(9,3)23)7-11(21)20(13,16)25/h9-15,21-25H,5-8H2,1-4H3/t9-,10+,11+,12+,13+,14-,15+,17-,18-,19+,20-/m1/s1. The highest BCUT2D eigenvalue weighted by atomic mass is 16.6. The quantitative estimate of drug-likeness (QED) is 0.390. The van der Waals surface area contributed by atoms with E-state index in [1.165, 1.54) is 0 Å². The zero-order valence-corrected chi connectivity index (χ0v) is 16.0. The first kappa shape index (κ1) is 17.8. The van der Waals surface area contributed by atoms with E-state index in [-0.39, 0.29) is 30.5 Å². The van der Waals surface area contributed by atoms with E-state index in [4.69, 9.17) is 4.74 Å². The van der Waals surface area contributed by atoms with E-state index < -0.39 is 45.8 Å². The second kappa shape index (κ2) is 4.50. The van der Waals surface area contributed by atoms with Gasteiger partial charge in [-0.1, -0.05) is 13.8 Å². The molecule has 5 N–H and O–H groups in total. The van der Waals surface area contributed by atoms with Crippen molar-refractivity contribution in [2.45, 2.75) is 94.6 Å². The van der Waals surface area contributed by atoms with Crippen molar-refractivity contribution < 1.29 is 30.3 Å². The molecule has 0 unspecified atom stereocenters. The molecule has 5 fully saturated rings. The Morgan fingerprint density at radius 1 is 0.962 bits per heavy atom. The smallest absolute Gasteiger partial charge is 0.106 e. The number of epoxide rings is 1. The summed E-state index contributed by atoms with van der Waals surface area (Å²) in [5, 5.41) is 56.9. The lowest BCUT2D eigenvalue weighted by molar-refractivity contribution is -0.222. The van der Waals surface area contributed by atoms with Crippen LogP contribution in [-0.2, 0) is 4.74 Å². The third kappa shape index (κ3) is 1.64. The Hall–Kier alpha value is -0.240. The van der Waals surface area contributed by atoms with Gasteiger partial charge in [0.1, 0.15) is 5.60 Å². The molecule has 1 heterocycles. The van der Waals surface area contributed by atoms with Crippen LogP contribution in [-0.4, -0.2) is 66.8 Å². The van der Waals surface area contributed by atoms with Crippen molar-refractivity contribution in [2.24, 2.45) is 28.6 Å². The first-order chi connectivity index (χ1) is 11.8. The largest absolute Gasteiger partial charge is 0.392 e. The maximum Gasteiger partial charge on any atom is 0.106 e. The minimum Gasteiger partial charge on any atom is -0.392 e. The first-order valence-electron chi connectivity index (χ1n) is 10.0. The van der Waals surface area contributed by atoms with Gasteiger partial charge in [0.2, 0.25) is 0 Å². The summed E-state index contributed by atoms with van der Waals surface area (Å²) >= 11 is 0. The molecule has 5 aliphatic rings. The van der Waals surface area contributed by atoms with Crippen molar-refractivity contribution in [3.8, 4) is 0 Å². The summed E-state index contributed by atoms with van der Waals surface area (Å²) < 4.78 is 5.82. The Morgan fingerprint density at radius 3 is 2.27 bits per heavy atom. The number of aliphatic hydroxyl groups excluding tert-OH is 2. The van der Waals surface area contributed by atoms with Crippen molar-refractivity contribution in [1.29, 1.82) is 0 Å². The fourth-order valence-electron chi connectivity index (χ4n) is 8.27. The zero-order chi connectivity index (χ0) is 19.1. The van der Waals surface area contributed by atoms with Crippen LogP contribution in [0.3, 0.4) is 0 Å². The highest BCUT2D eigenvalue weighted by Crippen LogP contribution is 2.72. The zero-order valence-electron chi connectivity index (χ0n) is 16.0. The summed E-state index contributed by atoms with van der Waals surface area (Å²) in [5.74, 6) is -1.17. The molecule has 1 spiro atoms. The van der Waals surface area contributed by atoms with Crippen molar-refractivity contribution in [2.75, 3.05) is 0 Å². The highest BCUT2D eigenvalue weighted by molar-refractivity contribution is 5.31. The lowest BCUT2D eigenvalue weighted by Crippen LogP contribution is -2.63. The molecule has 4 saturated carbocycles. The molecule has 1 aliphatic heterocycles. The molecule has 11 atom stereocenters. The Bertz CT molecular complexity index is 659. The Labute approximate surface area is 154 Å². The summed E-state index contributed by atoms with van der Waals surface area (Å²) in [5.41, 5.74) is -5.30. The number of rotatable bonds is 0. The number of hydrogen-bond acceptors (Lipinski definition) is 6. The van der Waals surface area contributed by atoms with Gasteiger partial charge < -0.3 is 30.3 Å². The van der Waals surface area contributed by atoms with Crippen molar-refractivity contribution in [3.63, 3.8) is 0 Å². The normalized spacial score (nSPS) is 68.0. The Balaban J connectivity index is 1.70. The maximum atomic E-state index is 11.8. The van der Waals surface area contributed by atoms with Crippen molar-refractivity contribution in [1.82, 2.24) is 0 Å². The molecule has 2 bridgehead atoms. The van der Waals surface area contributed by atoms with E-state index in [9.17, 15) is 25.5 Å². The molecule has 0 aromatic carbocycles. The number of hydrogen-bond donors (Lipinski definition) is 5. The van der Waals surface area contributed by atoms with E-state index in [0.29, 0.717) is 19.3 Å². The third-order valence-electron chi connectivity index (χ3n) is 9.40. The van der Waals surface area contributed by atoms with Gasteiger partial charge in [-0.25, -0.2) is 0 Å². The van der Waals surface area contributed by atoms with Crippen LogP contribution in [0, 0.1) is 28.6 Å². The van der Waals surface area contributed by atoms with E-state index >= 15 is 0 Å². The Kier molecular flexibility index (Phi) is 3.08. The van der Waals surface area contributed by atoms with Crippen LogP contribution in [0.25, 0.3) is 0 Å². The van der Waals surface area contributed by atoms with Crippen LogP contribution in [0.4, 0.5) is 0 Å². The average molecular weight is 368 g/mol. The van der Waals surface area contributed by atoms with Crippen molar-refractivity contribution in [3.05, 3.63) is 0 Å². The van der Waals surface area contributed by atoms with Gasteiger partial charge in [-0.2, -0.15) is 0 Å². The fourth-order valence-corrected chi connectivity index (χ4v) is 8.27. The van der Waals surface area contributed by atoms with Gasteiger partial charge in [-0.15, -0.1) is 0 Å². The second-order valence-corrected chi connectivity index (χ2v) is 10.9. The minimum atomic E-state index is -1.49. The lowest BCUT2D eigenvalue weighted by Gasteiger charge is -2.51. The molecule has 6 nitrogen and oxygen atoms in total. The lowest BCUT2D eigenvalue weighted by atomic mass is 9.57. The second-order valence-electron chi connectivity index (χ2n) is 10.9. The number of fused-ring (bicyclic) bond motifs is 4. The SMILES string of the molecule is CC1(C)[C@H]2O[C@H]2[C@H]2[C@](C)(O)[C@@H]3CC[C@@H]4[C@@H](O)[C@@]3(C[C@H](O)[C@@]21O)C[C@@]4(C)O. The first-order valence-corrected chi connectivity index (χ1v) is 10.0. The third-order valence-corrected chi connectivity index (χ3v) is 9.40. The van der Waals surface area contributed by atoms with Crippen LogP contribution >= 0.6 is 0 Å². The van der Waals surface area contributed by atoms with Gasteiger partial charge in [0.05, 0.1) is 35.6 Å². The Morgan fingerprint density at radius 2 is 1.62 bits per heavy atom. The summed E-state index contributed by atoms with van der Waals surface area (Å²) in [6.07, 6.45) is -0.485. The van der Waals surface area contributed by atoms with E-state index in [1.807, 2.05) is 13.8 Å². The van der Waals surface area contributed by atoms with E-state index in [2.05, 4.69) is 0 Å². The molecule has 0 radical (unpaired) electrons. The molecule has 6 heteroatoms. The van der Waals surface area contributed by atoms with Gasteiger partial charge in [-0.3, -0.25) is 0 Å². The van der Waals surface area contributed by atoms with Gasteiger partial charge in [0.25, 0.3) is 0 Å². The van der Waals surface area contributed by atoms with E-state index in [1.54, 1.807) is 13.8 Å². The summed E-state index contributed by atoms with van der Waals surface area (Å²) in [6, 6.07) is 0. The fraction of sp³-hybridized carbons (Fsp3) is 1.00. The molecule has 1 saturated heterocycles.